The van der Waals surface area contributed by atoms with Crippen molar-refractivity contribution in [3.63, 3.8) is 0 Å². The third kappa shape index (κ3) is 3.05. The Balaban J connectivity index is 2.06. The summed E-state index contributed by atoms with van der Waals surface area (Å²) in [6.07, 6.45) is 0. The Labute approximate surface area is 121 Å². The van der Waals surface area contributed by atoms with Crippen molar-refractivity contribution in [2.75, 3.05) is 7.11 Å². The highest BCUT2D eigenvalue weighted by Crippen LogP contribution is 2.12. The maximum Gasteiger partial charge on any atom is 0.251 e. The predicted octanol–water partition coefficient (Wildman–Crippen LogP) is 1.90. The Morgan fingerprint density at radius 1 is 1.55 bits per heavy atom. The Morgan fingerprint density at radius 2 is 2.35 bits per heavy atom. The predicted molar refractivity (Wildman–Crippen MR) is 77.2 cm³/mol. The molecule has 0 atom stereocenters. The van der Waals surface area contributed by atoms with E-state index in [1.807, 2.05) is 11.5 Å². The summed E-state index contributed by atoms with van der Waals surface area (Å²) in [5.41, 5.74) is 0.543. The van der Waals surface area contributed by atoms with E-state index in [-0.39, 0.29) is 5.91 Å². The van der Waals surface area contributed by atoms with Gasteiger partial charge in [0.05, 0.1) is 13.7 Å². The van der Waals surface area contributed by atoms with Crippen molar-refractivity contribution in [1.82, 2.24) is 20.1 Å². The minimum absolute atomic E-state index is 0.180. The summed E-state index contributed by atoms with van der Waals surface area (Å²) in [6.45, 7) is 3.00. The molecule has 1 heterocycles. The van der Waals surface area contributed by atoms with Crippen LogP contribution in [0.15, 0.2) is 24.3 Å². The van der Waals surface area contributed by atoms with Crippen LogP contribution in [0.4, 0.5) is 0 Å². The standard InChI is InChI=1S/C13H16N4O2S/c1-3-17-11(15-16-13(17)20)8-14-12(18)9-5-4-6-10(7-9)19-2/h4-7H,3,8H2,1-2H3,(H,14,18)(H,16,20). The highest BCUT2D eigenvalue weighted by molar-refractivity contribution is 7.71. The molecule has 0 radical (unpaired) electrons. The fourth-order valence-electron chi connectivity index (χ4n) is 1.84. The molecular weight excluding hydrogens is 276 g/mol. The summed E-state index contributed by atoms with van der Waals surface area (Å²) in [5, 5.41) is 9.62. The number of nitrogens with zero attached hydrogens (tertiary/aromatic N) is 2. The molecule has 106 valence electrons. The number of carbonyl (C=O) groups is 1. The van der Waals surface area contributed by atoms with Gasteiger partial charge in [-0.05, 0) is 37.3 Å². The average molecular weight is 292 g/mol. The van der Waals surface area contributed by atoms with Crippen molar-refractivity contribution >= 4 is 18.1 Å². The molecular formula is C13H16N4O2S. The van der Waals surface area contributed by atoms with Crippen molar-refractivity contribution in [1.29, 1.82) is 0 Å². The van der Waals surface area contributed by atoms with Crippen LogP contribution in [0.25, 0.3) is 0 Å². The molecule has 0 unspecified atom stereocenters. The van der Waals surface area contributed by atoms with Crippen LogP contribution in [0.5, 0.6) is 5.75 Å². The van der Waals surface area contributed by atoms with Crippen LogP contribution >= 0.6 is 12.2 Å². The van der Waals surface area contributed by atoms with Gasteiger partial charge in [0.15, 0.2) is 10.6 Å². The van der Waals surface area contributed by atoms with E-state index in [0.29, 0.717) is 35.0 Å². The van der Waals surface area contributed by atoms with Gasteiger partial charge in [-0.2, -0.15) is 5.10 Å². The second kappa shape index (κ2) is 6.33. The van der Waals surface area contributed by atoms with E-state index in [9.17, 15) is 4.79 Å². The summed E-state index contributed by atoms with van der Waals surface area (Å²) in [5.74, 6) is 1.17. The molecule has 0 saturated carbocycles. The number of carbonyl (C=O) groups excluding carboxylic acids is 1. The molecule has 1 aromatic carbocycles. The van der Waals surface area contributed by atoms with Gasteiger partial charge in [-0.3, -0.25) is 9.89 Å². The molecule has 20 heavy (non-hydrogen) atoms. The number of rotatable bonds is 5. The molecule has 2 N–H and O–H groups in total. The summed E-state index contributed by atoms with van der Waals surface area (Å²) in [7, 11) is 1.57. The molecule has 7 heteroatoms. The van der Waals surface area contributed by atoms with Crippen LogP contribution in [-0.2, 0) is 13.1 Å². The second-order valence-electron chi connectivity index (χ2n) is 4.10. The first kappa shape index (κ1) is 14.3. The fraction of sp³-hybridized carbons (Fsp3) is 0.308. The van der Waals surface area contributed by atoms with Crippen molar-refractivity contribution < 1.29 is 9.53 Å². The number of nitrogens with one attached hydrogen (secondary N) is 2. The lowest BCUT2D eigenvalue weighted by molar-refractivity contribution is 0.0949. The van der Waals surface area contributed by atoms with E-state index in [4.69, 9.17) is 17.0 Å². The maximum atomic E-state index is 12.1. The lowest BCUT2D eigenvalue weighted by atomic mass is 10.2. The van der Waals surface area contributed by atoms with E-state index >= 15 is 0 Å². The van der Waals surface area contributed by atoms with E-state index in [2.05, 4.69) is 15.5 Å². The summed E-state index contributed by atoms with van der Waals surface area (Å²) in [6, 6.07) is 6.98. The molecule has 0 bridgehead atoms. The SMILES string of the molecule is CCn1c(CNC(=O)c2cccc(OC)c2)n[nH]c1=S. The van der Waals surface area contributed by atoms with Crippen molar-refractivity contribution in [3.8, 4) is 5.75 Å². The first-order valence-corrected chi connectivity index (χ1v) is 6.63. The normalized spacial score (nSPS) is 10.3. The molecule has 1 aromatic heterocycles. The zero-order valence-corrected chi connectivity index (χ0v) is 12.2. The highest BCUT2D eigenvalue weighted by atomic mass is 32.1. The first-order valence-electron chi connectivity index (χ1n) is 6.22. The lowest BCUT2D eigenvalue weighted by Crippen LogP contribution is -2.24. The van der Waals surface area contributed by atoms with Crippen LogP contribution in [0, 0.1) is 4.77 Å². The highest BCUT2D eigenvalue weighted by Gasteiger charge is 2.09. The van der Waals surface area contributed by atoms with E-state index in [1.165, 1.54) is 0 Å². The van der Waals surface area contributed by atoms with Crippen molar-refractivity contribution in [2.24, 2.45) is 0 Å². The molecule has 2 aromatic rings. The Bertz CT molecular complexity index is 662. The minimum Gasteiger partial charge on any atom is -0.497 e. The molecule has 0 aliphatic carbocycles. The molecule has 0 aliphatic heterocycles. The first-order chi connectivity index (χ1) is 9.65. The summed E-state index contributed by atoms with van der Waals surface area (Å²) in [4.78, 5) is 12.1. The van der Waals surface area contributed by atoms with Gasteiger partial charge in [0.25, 0.3) is 5.91 Å². The number of amides is 1. The summed E-state index contributed by atoms with van der Waals surface area (Å²) >= 11 is 5.09. The topological polar surface area (TPSA) is 71.9 Å². The van der Waals surface area contributed by atoms with Crippen LogP contribution in [0.3, 0.4) is 0 Å². The van der Waals surface area contributed by atoms with Crippen LogP contribution in [0.1, 0.15) is 23.1 Å². The molecule has 0 saturated heterocycles. The van der Waals surface area contributed by atoms with Gasteiger partial charge < -0.3 is 14.6 Å². The number of ether oxygens (including phenoxy) is 1. The van der Waals surface area contributed by atoms with E-state index in [0.717, 1.165) is 0 Å². The van der Waals surface area contributed by atoms with Gasteiger partial charge >= 0.3 is 0 Å². The Hall–Kier alpha value is -2.15. The van der Waals surface area contributed by atoms with Crippen LogP contribution in [-0.4, -0.2) is 27.8 Å². The quantitative estimate of drug-likeness (QED) is 0.826. The van der Waals surface area contributed by atoms with Crippen molar-refractivity contribution in [3.05, 3.63) is 40.4 Å². The zero-order chi connectivity index (χ0) is 14.5. The Morgan fingerprint density at radius 3 is 3.05 bits per heavy atom. The van der Waals surface area contributed by atoms with Crippen LogP contribution in [0.2, 0.25) is 0 Å². The van der Waals surface area contributed by atoms with E-state index in [1.54, 1.807) is 31.4 Å². The van der Waals surface area contributed by atoms with Gasteiger partial charge in [0.2, 0.25) is 0 Å². The van der Waals surface area contributed by atoms with Gasteiger partial charge in [0, 0.05) is 12.1 Å². The van der Waals surface area contributed by atoms with Gasteiger partial charge in [-0.1, -0.05) is 6.07 Å². The molecule has 6 nitrogen and oxygen atoms in total. The van der Waals surface area contributed by atoms with Gasteiger partial charge in [-0.25, -0.2) is 0 Å². The average Bonchev–Trinajstić information content (AvgIpc) is 2.84. The van der Waals surface area contributed by atoms with Crippen molar-refractivity contribution in [2.45, 2.75) is 20.0 Å². The largest absolute Gasteiger partial charge is 0.497 e. The number of aromatic nitrogens is 3. The number of methoxy groups -OCH3 is 1. The second-order valence-corrected chi connectivity index (χ2v) is 4.49. The maximum absolute atomic E-state index is 12.1. The summed E-state index contributed by atoms with van der Waals surface area (Å²) < 4.78 is 7.48. The number of hydrogen-bond donors (Lipinski definition) is 2. The number of benzene rings is 1. The van der Waals surface area contributed by atoms with Gasteiger partial charge in [-0.15, -0.1) is 0 Å². The third-order valence-corrected chi connectivity index (χ3v) is 3.20. The van der Waals surface area contributed by atoms with Crippen LogP contribution < -0.4 is 10.1 Å². The molecule has 0 fully saturated rings. The number of H-pyrrole nitrogens is 1. The number of aromatic amines is 1. The zero-order valence-electron chi connectivity index (χ0n) is 11.3. The van der Waals surface area contributed by atoms with Gasteiger partial charge in [0.1, 0.15) is 5.75 Å². The lowest BCUT2D eigenvalue weighted by Gasteiger charge is -2.07. The Kier molecular flexibility index (Phi) is 4.52. The van der Waals surface area contributed by atoms with E-state index < -0.39 is 0 Å². The molecule has 0 aliphatic rings. The monoisotopic (exact) mass is 292 g/mol. The third-order valence-electron chi connectivity index (χ3n) is 2.89. The molecule has 2 rings (SSSR count). The smallest absolute Gasteiger partial charge is 0.251 e. The fourth-order valence-corrected chi connectivity index (χ4v) is 2.12. The molecule has 0 spiro atoms. The number of hydrogen-bond acceptors (Lipinski definition) is 4. The minimum atomic E-state index is -0.180. The molecule has 1 amide bonds.